The molecular weight excluding hydrogens is 391 g/mol. The molecule has 2 heterocycles. The Hall–Kier alpha value is -2.54. The minimum Gasteiger partial charge on any atom is -0.491 e. The van der Waals surface area contributed by atoms with E-state index >= 15 is 0 Å². The van der Waals surface area contributed by atoms with Gasteiger partial charge >= 0.3 is 6.18 Å². The maximum absolute atomic E-state index is 12.9. The monoisotopic (exact) mass is 415 g/mol. The zero-order valence-electron chi connectivity index (χ0n) is 16.7. The van der Waals surface area contributed by atoms with E-state index in [1.165, 1.54) is 25.0 Å². The van der Waals surface area contributed by atoms with E-state index in [1.54, 1.807) is 0 Å². The van der Waals surface area contributed by atoms with Crippen LogP contribution in [0.1, 0.15) is 24.0 Å². The van der Waals surface area contributed by atoms with Gasteiger partial charge in [0.05, 0.1) is 17.7 Å². The van der Waals surface area contributed by atoms with Crippen LogP contribution in [0.15, 0.2) is 47.5 Å². The molecule has 3 aliphatic rings. The van der Waals surface area contributed by atoms with Crippen LogP contribution in [0.2, 0.25) is 0 Å². The molecule has 2 aromatic carbocycles. The highest BCUT2D eigenvalue weighted by atomic mass is 19.4. The molecule has 1 saturated heterocycles. The molecule has 2 aliphatic heterocycles. The second kappa shape index (κ2) is 7.61. The molecule has 1 aliphatic carbocycles. The highest BCUT2D eigenvalue weighted by Crippen LogP contribution is 2.34. The number of piperazine rings is 1. The maximum atomic E-state index is 12.9. The number of alkyl halides is 3. The normalized spacial score (nSPS) is 20.2. The van der Waals surface area contributed by atoms with Crippen LogP contribution in [-0.4, -0.2) is 61.0 Å². The summed E-state index contributed by atoms with van der Waals surface area (Å²) in [5.41, 5.74) is 1.88. The van der Waals surface area contributed by atoms with Crippen LogP contribution in [0.3, 0.4) is 0 Å². The molecule has 1 saturated carbocycles. The second-order valence-corrected chi connectivity index (χ2v) is 8.09. The van der Waals surface area contributed by atoms with E-state index in [9.17, 15) is 13.2 Å². The fraction of sp³-hybridized carbons (Fsp3) is 0.435. The third-order valence-corrected chi connectivity index (χ3v) is 6.05. The van der Waals surface area contributed by atoms with Crippen molar-refractivity contribution >= 4 is 5.84 Å². The van der Waals surface area contributed by atoms with Gasteiger partial charge in [-0.1, -0.05) is 18.2 Å². The van der Waals surface area contributed by atoms with E-state index in [2.05, 4.69) is 9.80 Å². The van der Waals surface area contributed by atoms with Crippen LogP contribution >= 0.6 is 0 Å². The number of halogens is 3. The summed E-state index contributed by atoms with van der Waals surface area (Å²) in [5, 5.41) is 0. The summed E-state index contributed by atoms with van der Waals surface area (Å²) < 4.78 is 44.6. The molecule has 30 heavy (non-hydrogen) atoms. The lowest BCUT2D eigenvalue weighted by Gasteiger charge is -2.36. The van der Waals surface area contributed by atoms with E-state index in [1.807, 2.05) is 18.2 Å². The molecule has 158 valence electrons. The van der Waals surface area contributed by atoms with Crippen LogP contribution in [0.5, 0.6) is 5.75 Å². The summed E-state index contributed by atoms with van der Waals surface area (Å²) >= 11 is 0. The second-order valence-electron chi connectivity index (χ2n) is 8.09. The van der Waals surface area contributed by atoms with Gasteiger partial charge in [-0.05, 0) is 48.2 Å². The van der Waals surface area contributed by atoms with Gasteiger partial charge in [0, 0.05) is 32.2 Å². The van der Waals surface area contributed by atoms with E-state index in [0.717, 1.165) is 72.6 Å². The predicted octanol–water partition coefficient (Wildman–Crippen LogP) is 4.29. The molecule has 0 N–H and O–H groups in total. The van der Waals surface area contributed by atoms with Gasteiger partial charge in [-0.2, -0.15) is 13.2 Å². The first-order chi connectivity index (χ1) is 14.5. The van der Waals surface area contributed by atoms with Gasteiger partial charge in [-0.3, -0.25) is 9.89 Å². The van der Waals surface area contributed by atoms with E-state index in [-0.39, 0.29) is 0 Å². The molecule has 2 aromatic rings. The van der Waals surface area contributed by atoms with Crippen molar-refractivity contribution in [3.8, 4) is 16.9 Å². The Bertz CT molecular complexity index is 943. The van der Waals surface area contributed by atoms with Gasteiger partial charge in [0.15, 0.2) is 0 Å². The Morgan fingerprint density at radius 3 is 2.27 bits per heavy atom. The molecule has 0 unspecified atom stereocenters. The Kier molecular flexibility index (Phi) is 4.93. The molecule has 0 aromatic heterocycles. The van der Waals surface area contributed by atoms with Crippen LogP contribution in [0.25, 0.3) is 11.1 Å². The topological polar surface area (TPSA) is 28.1 Å². The number of hydrogen-bond donors (Lipinski definition) is 0. The summed E-state index contributed by atoms with van der Waals surface area (Å²) in [5.74, 6) is 1.72. The van der Waals surface area contributed by atoms with Crippen molar-refractivity contribution in [2.24, 2.45) is 4.99 Å². The van der Waals surface area contributed by atoms with E-state index in [4.69, 9.17) is 9.73 Å². The Labute approximate surface area is 174 Å². The van der Waals surface area contributed by atoms with Crippen molar-refractivity contribution in [1.82, 2.24) is 9.80 Å². The summed E-state index contributed by atoms with van der Waals surface area (Å²) in [4.78, 5) is 9.69. The van der Waals surface area contributed by atoms with Crippen LogP contribution in [0.4, 0.5) is 13.2 Å². The molecule has 4 nitrogen and oxygen atoms in total. The number of amidine groups is 1. The van der Waals surface area contributed by atoms with Crippen LogP contribution in [-0.2, 0) is 6.18 Å². The van der Waals surface area contributed by atoms with Gasteiger partial charge in [-0.15, -0.1) is 0 Å². The molecule has 7 heteroatoms. The first kappa shape index (κ1) is 19.4. The molecule has 0 amide bonds. The minimum absolute atomic E-state index is 0.526. The molecule has 5 rings (SSSR count). The molecule has 0 bridgehead atoms. The lowest BCUT2D eigenvalue weighted by molar-refractivity contribution is -0.137. The van der Waals surface area contributed by atoms with Crippen molar-refractivity contribution < 1.29 is 17.9 Å². The zero-order valence-corrected chi connectivity index (χ0v) is 16.7. The highest BCUT2D eigenvalue weighted by molar-refractivity contribution is 6.02. The number of hydrogen-bond acceptors (Lipinski definition) is 4. The average Bonchev–Trinajstić information content (AvgIpc) is 3.60. The number of aliphatic imine (C=N–C) groups is 1. The SMILES string of the molecule is FC(F)(F)c1ccc(-c2ccc3c(c2)C(N2CCN(C4CC4)CC2)=NCCO3)cc1. The zero-order chi connectivity index (χ0) is 20.7. The number of ether oxygens (including phenoxy) is 1. The van der Waals surface area contributed by atoms with Gasteiger partial charge in [0.2, 0.25) is 0 Å². The third kappa shape index (κ3) is 3.90. The molecule has 0 spiro atoms. The summed E-state index contributed by atoms with van der Waals surface area (Å²) in [7, 11) is 0. The average molecular weight is 415 g/mol. The Morgan fingerprint density at radius 1 is 0.900 bits per heavy atom. The quantitative estimate of drug-likeness (QED) is 0.733. The van der Waals surface area contributed by atoms with Gasteiger partial charge in [0.1, 0.15) is 18.2 Å². The van der Waals surface area contributed by atoms with Crippen molar-refractivity contribution in [3.63, 3.8) is 0 Å². The first-order valence-electron chi connectivity index (χ1n) is 10.5. The van der Waals surface area contributed by atoms with Gasteiger partial charge in [-0.25, -0.2) is 0 Å². The summed E-state index contributed by atoms with van der Waals surface area (Å²) in [6.07, 6.45) is -1.70. The molecular formula is C23H24F3N3O. The number of rotatable bonds is 2. The van der Waals surface area contributed by atoms with Crippen molar-refractivity contribution in [2.75, 3.05) is 39.3 Å². The number of benzene rings is 2. The standard InChI is InChI=1S/C23H24F3N3O/c24-23(25,26)18-4-1-16(2-5-18)17-3-8-21-20(15-17)22(27-9-14-30-21)29-12-10-28(11-13-29)19-6-7-19/h1-5,8,15,19H,6-7,9-14H2. The Balaban J connectivity index is 1.42. The smallest absolute Gasteiger partial charge is 0.416 e. The van der Waals surface area contributed by atoms with Gasteiger partial charge in [0.25, 0.3) is 0 Å². The van der Waals surface area contributed by atoms with Crippen LogP contribution in [0, 0.1) is 0 Å². The lowest BCUT2D eigenvalue weighted by atomic mass is 10.00. The minimum atomic E-state index is -4.33. The fourth-order valence-corrected chi connectivity index (χ4v) is 4.26. The summed E-state index contributed by atoms with van der Waals surface area (Å²) in [6.45, 7) is 5.07. The largest absolute Gasteiger partial charge is 0.491 e. The third-order valence-electron chi connectivity index (χ3n) is 6.05. The van der Waals surface area contributed by atoms with Crippen molar-refractivity contribution in [1.29, 1.82) is 0 Å². The van der Waals surface area contributed by atoms with Crippen molar-refractivity contribution in [2.45, 2.75) is 25.1 Å². The molecule has 2 fully saturated rings. The number of fused-ring (bicyclic) bond motifs is 1. The molecule has 0 atom stereocenters. The fourth-order valence-electron chi connectivity index (χ4n) is 4.26. The maximum Gasteiger partial charge on any atom is 0.416 e. The summed E-state index contributed by atoms with van der Waals surface area (Å²) in [6, 6.07) is 11.9. The number of nitrogens with zero attached hydrogens (tertiary/aromatic N) is 3. The van der Waals surface area contributed by atoms with Crippen LogP contribution < -0.4 is 4.74 Å². The van der Waals surface area contributed by atoms with E-state index < -0.39 is 11.7 Å². The predicted molar refractivity (Wildman–Crippen MR) is 110 cm³/mol. The van der Waals surface area contributed by atoms with Gasteiger partial charge < -0.3 is 9.64 Å². The highest BCUT2D eigenvalue weighted by Gasteiger charge is 2.33. The molecule has 0 radical (unpaired) electrons. The Morgan fingerprint density at radius 2 is 1.60 bits per heavy atom. The first-order valence-corrected chi connectivity index (χ1v) is 10.5. The van der Waals surface area contributed by atoms with Crippen molar-refractivity contribution in [3.05, 3.63) is 53.6 Å². The lowest BCUT2D eigenvalue weighted by Crippen LogP contribution is -2.49. The van der Waals surface area contributed by atoms with E-state index in [0.29, 0.717) is 13.2 Å².